The SMILES string of the molecule is CCC(C)N(CCOC)C(=O)c1ccc(=O)[nH]c1. The lowest BCUT2D eigenvalue weighted by Crippen LogP contribution is -2.40. The predicted molar refractivity (Wildman–Crippen MR) is 69.7 cm³/mol. The standard InChI is InChI=1S/C13H20N2O3/c1-4-10(2)15(7-8-18-3)13(17)11-5-6-12(16)14-9-11/h5-6,9-10H,4,7-8H2,1-3H3,(H,14,16). The van der Waals surface area contributed by atoms with Gasteiger partial charge in [-0.3, -0.25) is 9.59 Å². The molecule has 1 unspecified atom stereocenters. The molecule has 0 bridgehead atoms. The molecular formula is C13H20N2O3. The van der Waals surface area contributed by atoms with E-state index in [1.807, 2.05) is 13.8 Å². The zero-order valence-electron chi connectivity index (χ0n) is 11.1. The molecule has 0 radical (unpaired) electrons. The van der Waals surface area contributed by atoms with Crippen molar-refractivity contribution in [2.45, 2.75) is 26.3 Å². The first-order valence-electron chi connectivity index (χ1n) is 6.08. The Morgan fingerprint density at radius 1 is 1.50 bits per heavy atom. The molecule has 0 aliphatic carbocycles. The summed E-state index contributed by atoms with van der Waals surface area (Å²) in [5.41, 5.74) is 0.282. The number of pyridine rings is 1. The van der Waals surface area contributed by atoms with Crippen molar-refractivity contribution in [1.29, 1.82) is 0 Å². The van der Waals surface area contributed by atoms with E-state index in [-0.39, 0.29) is 17.5 Å². The number of carbonyl (C=O) groups is 1. The third-order valence-electron chi connectivity index (χ3n) is 2.95. The van der Waals surface area contributed by atoms with Crippen LogP contribution in [0.25, 0.3) is 0 Å². The van der Waals surface area contributed by atoms with E-state index in [9.17, 15) is 9.59 Å². The van der Waals surface area contributed by atoms with Gasteiger partial charge >= 0.3 is 0 Å². The van der Waals surface area contributed by atoms with Crippen molar-refractivity contribution < 1.29 is 9.53 Å². The van der Waals surface area contributed by atoms with Crippen molar-refractivity contribution in [2.75, 3.05) is 20.3 Å². The Bertz CT molecular complexity index is 422. The number of nitrogens with zero attached hydrogens (tertiary/aromatic N) is 1. The van der Waals surface area contributed by atoms with Crippen LogP contribution in [0.5, 0.6) is 0 Å². The number of rotatable bonds is 6. The molecule has 1 amide bonds. The second-order valence-electron chi connectivity index (χ2n) is 4.19. The summed E-state index contributed by atoms with van der Waals surface area (Å²) in [4.78, 5) is 27.6. The summed E-state index contributed by atoms with van der Waals surface area (Å²) in [5, 5.41) is 0. The molecule has 0 saturated carbocycles. The van der Waals surface area contributed by atoms with Gasteiger partial charge in [0.05, 0.1) is 12.2 Å². The van der Waals surface area contributed by atoms with Crippen LogP contribution in [0.4, 0.5) is 0 Å². The van der Waals surface area contributed by atoms with E-state index in [2.05, 4.69) is 4.98 Å². The summed E-state index contributed by atoms with van der Waals surface area (Å²) in [6.45, 7) is 5.08. The van der Waals surface area contributed by atoms with Crippen molar-refractivity contribution in [3.63, 3.8) is 0 Å². The van der Waals surface area contributed by atoms with Crippen LogP contribution < -0.4 is 5.56 Å². The van der Waals surface area contributed by atoms with E-state index >= 15 is 0 Å². The quantitative estimate of drug-likeness (QED) is 0.829. The fraction of sp³-hybridized carbons (Fsp3) is 0.538. The van der Waals surface area contributed by atoms with Gasteiger partial charge in [0.2, 0.25) is 5.56 Å². The number of hydrogen-bond acceptors (Lipinski definition) is 3. The van der Waals surface area contributed by atoms with Crippen molar-refractivity contribution in [2.24, 2.45) is 0 Å². The van der Waals surface area contributed by atoms with Gasteiger partial charge in [-0.05, 0) is 19.4 Å². The van der Waals surface area contributed by atoms with E-state index in [1.54, 1.807) is 18.1 Å². The van der Waals surface area contributed by atoms with Gasteiger partial charge in [0.1, 0.15) is 0 Å². The minimum Gasteiger partial charge on any atom is -0.383 e. The van der Waals surface area contributed by atoms with Crippen molar-refractivity contribution in [3.05, 3.63) is 34.2 Å². The molecule has 0 aromatic carbocycles. The highest BCUT2D eigenvalue weighted by Gasteiger charge is 2.20. The van der Waals surface area contributed by atoms with Gasteiger partial charge in [-0.1, -0.05) is 6.92 Å². The topological polar surface area (TPSA) is 62.4 Å². The summed E-state index contributed by atoms with van der Waals surface area (Å²) in [7, 11) is 1.61. The van der Waals surface area contributed by atoms with Crippen LogP contribution in [0.15, 0.2) is 23.1 Å². The minimum atomic E-state index is -0.210. The minimum absolute atomic E-state index is 0.0855. The molecule has 1 rings (SSSR count). The van der Waals surface area contributed by atoms with Gasteiger partial charge in [0, 0.05) is 32.0 Å². The molecule has 0 spiro atoms. The Labute approximate surface area is 107 Å². The summed E-state index contributed by atoms with van der Waals surface area (Å²) in [6, 6.07) is 3.04. The lowest BCUT2D eigenvalue weighted by atomic mass is 10.1. The number of aromatic nitrogens is 1. The fourth-order valence-corrected chi connectivity index (χ4v) is 1.64. The van der Waals surface area contributed by atoms with Crippen LogP contribution in [0.1, 0.15) is 30.6 Å². The van der Waals surface area contributed by atoms with Crippen molar-refractivity contribution in [1.82, 2.24) is 9.88 Å². The highest BCUT2D eigenvalue weighted by Crippen LogP contribution is 2.09. The molecular weight excluding hydrogens is 232 g/mol. The zero-order chi connectivity index (χ0) is 13.5. The van der Waals surface area contributed by atoms with Crippen LogP contribution in [0, 0.1) is 0 Å². The average molecular weight is 252 g/mol. The molecule has 5 heteroatoms. The zero-order valence-corrected chi connectivity index (χ0v) is 11.1. The number of ether oxygens (including phenoxy) is 1. The first-order valence-corrected chi connectivity index (χ1v) is 6.08. The van der Waals surface area contributed by atoms with Crippen LogP contribution in [0.3, 0.4) is 0 Å². The van der Waals surface area contributed by atoms with E-state index < -0.39 is 0 Å². The molecule has 1 atom stereocenters. The van der Waals surface area contributed by atoms with Gasteiger partial charge in [-0.2, -0.15) is 0 Å². The van der Waals surface area contributed by atoms with Crippen LogP contribution in [0.2, 0.25) is 0 Å². The molecule has 0 aliphatic heterocycles. The molecule has 0 saturated heterocycles. The fourth-order valence-electron chi connectivity index (χ4n) is 1.64. The highest BCUT2D eigenvalue weighted by molar-refractivity contribution is 5.94. The third kappa shape index (κ3) is 3.70. The lowest BCUT2D eigenvalue weighted by Gasteiger charge is -2.28. The van der Waals surface area contributed by atoms with Crippen molar-refractivity contribution in [3.8, 4) is 0 Å². The molecule has 5 nitrogen and oxygen atoms in total. The van der Waals surface area contributed by atoms with Crippen LogP contribution in [-0.2, 0) is 4.74 Å². The van der Waals surface area contributed by atoms with Crippen molar-refractivity contribution >= 4 is 5.91 Å². The Balaban J connectivity index is 2.87. The molecule has 1 aromatic rings. The Morgan fingerprint density at radius 2 is 2.22 bits per heavy atom. The molecule has 1 aromatic heterocycles. The van der Waals surface area contributed by atoms with Gasteiger partial charge in [-0.15, -0.1) is 0 Å². The van der Waals surface area contributed by atoms with Gasteiger partial charge < -0.3 is 14.6 Å². The van der Waals surface area contributed by atoms with Gasteiger partial charge in [-0.25, -0.2) is 0 Å². The molecule has 100 valence electrons. The Hall–Kier alpha value is -1.62. The molecule has 0 fully saturated rings. The van der Waals surface area contributed by atoms with Crippen LogP contribution in [-0.4, -0.2) is 42.1 Å². The maximum absolute atomic E-state index is 12.3. The Morgan fingerprint density at radius 3 is 2.72 bits per heavy atom. The molecule has 1 N–H and O–H groups in total. The number of carbonyl (C=O) groups excluding carboxylic acids is 1. The smallest absolute Gasteiger partial charge is 0.255 e. The number of aromatic amines is 1. The Kier molecular flexibility index (Phi) is 5.58. The number of methoxy groups -OCH3 is 1. The predicted octanol–water partition coefficient (Wildman–Crippen LogP) is 1.26. The van der Waals surface area contributed by atoms with Gasteiger partial charge in [0.25, 0.3) is 5.91 Å². The second-order valence-corrected chi connectivity index (χ2v) is 4.19. The van der Waals surface area contributed by atoms with E-state index in [4.69, 9.17) is 4.74 Å². The van der Waals surface area contributed by atoms with Crippen LogP contribution >= 0.6 is 0 Å². The number of hydrogen-bond donors (Lipinski definition) is 1. The summed E-state index contributed by atoms with van der Waals surface area (Å²) < 4.78 is 5.02. The molecule has 18 heavy (non-hydrogen) atoms. The first-order chi connectivity index (χ1) is 8.60. The largest absolute Gasteiger partial charge is 0.383 e. The lowest BCUT2D eigenvalue weighted by molar-refractivity contribution is 0.0613. The van der Waals surface area contributed by atoms with E-state index in [0.29, 0.717) is 18.7 Å². The van der Waals surface area contributed by atoms with E-state index in [1.165, 1.54) is 12.3 Å². The third-order valence-corrected chi connectivity index (χ3v) is 2.95. The maximum atomic E-state index is 12.3. The highest BCUT2D eigenvalue weighted by atomic mass is 16.5. The number of amides is 1. The summed E-state index contributed by atoms with van der Waals surface area (Å²) in [5.74, 6) is -0.0855. The first kappa shape index (κ1) is 14.4. The van der Waals surface area contributed by atoms with E-state index in [0.717, 1.165) is 6.42 Å². The summed E-state index contributed by atoms with van der Waals surface area (Å²) in [6.07, 6.45) is 2.33. The number of nitrogens with one attached hydrogen (secondary N) is 1. The second kappa shape index (κ2) is 6.96. The number of H-pyrrole nitrogens is 1. The normalized spacial score (nSPS) is 12.2. The van der Waals surface area contributed by atoms with Gasteiger partial charge in [0.15, 0.2) is 0 Å². The molecule has 1 heterocycles. The average Bonchev–Trinajstić information content (AvgIpc) is 2.39. The summed E-state index contributed by atoms with van der Waals surface area (Å²) >= 11 is 0. The monoisotopic (exact) mass is 252 g/mol. The molecule has 0 aliphatic rings. The maximum Gasteiger partial charge on any atom is 0.255 e.